The van der Waals surface area contributed by atoms with E-state index in [1.54, 1.807) is 20.1 Å². The Morgan fingerprint density at radius 2 is 2.00 bits per heavy atom. The van der Waals surface area contributed by atoms with Crippen molar-refractivity contribution in [1.29, 1.82) is 0 Å². The highest BCUT2D eigenvalue weighted by atomic mass is 32.1. The number of ether oxygens (including phenoxy) is 3. The third kappa shape index (κ3) is 3.10. The van der Waals surface area contributed by atoms with Crippen LogP contribution in [0.3, 0.4) is 0 Å². The molecule has 1 aliphatic rings. The first kappa shape index (κ1) is 18.7. The van der Waals surface area contributed by atoms with Gasteiger partial charge in [-0.2, -0.15) is 0 Å². The molecule has 1 aromatic carbocycles. The average molecular weight is 388 g/mol. The first-order chi connectivity index (χ1) is 12.9. The van der Waals surface area contributed by atoms with E-state index in [2.05, 4.69) is 15.3 Å². The summed E-state index contributed by atoms with van der Waals surface area (Å²) in [7, 11) is 4.42. The predicted molar refractivity (Wildman–Crippen MR) is 104 cm³/mol. The fourth-order valence-corrected chi connectivity index (χ4v) is 3.53. The highest BCUT2D eigenvalue weighted by molar-refractivity contribution is 7.71. The van der Waals surface area contributed by atoms with E-state index in [0.29, 0.717) is 45.5 Å². The number of H-pyrrole nitrogens is 1. The molecule has 0 spiro atoms. The van der Waals surface area contributed by atoms with Crippen molar-refractivity contribution in [2.45, 2.75) is 12.8 Å². The van der Waals surface area contributed by atoms with Crippen LogP contribution in [-0.4, -0.2) is 37.3 Å². The Labute approximate surface area is 161 Å². The summed E-state index contributed by atoms with van der Waals surface area (Å²) in [6.07, 6.45) is 0. The van der Waals surface area contributed by atoms with Gasteiger partial charge >= 0.3 is 5.97 Å². The molecule has 3 rings (SSSR count). The zero-order chi connectivity index (χ0) is 19.7. The van der Waals surface area contributed by atoms with Crippen LogP contribution in [0, 0.1) is 4.77 Å². The van der Waals surface area contributed by atoms with Crippen LogP contribution in [0.25, 0.3) is 0 Å². The predicted octanol–water partition coefficient (Wildman–Crippen LogP) is 2.74. The lowest BCUT2D eigenvalue weighted by atomic mass is 9.81. The smallest absolute Gasteiger partial charge is 0.336 e. The molecule has 1 atom stereocenters. The van der Waals surface area contributed by atoms with Gasteiger partial charge in [0, 0.05) is 16.8 Å². The standard InChI is InChI=1S/C18H20N4O4S/c1-8-11(17(23)26-4)12(9-6-5-7-10(24-2)14(9)25-3)13-15(19)21-18(27)22-16(13)20-8/h5-7,12H,1-4H3,(H4,19,20,21,22,27). The van der Waals surface area contributed by atoms with Crippen LogP contribution in [0.1, 0.15) is 24.0 Å². The topological polar surface area (TPSA) is 111 Å². The van der Waals surface area contributed by atoms with Gasteiger partial charge in [-0.3, -0.25) is 0 Å². The quantitative estimate of drug-likeness (QED) is 0.541. The van der Waals surface area contributed by atoms with Crippen LogP contribution in [0.4, 0.5) is 11.6 Å². The summed E-state index contributed by atoms with van der Waals surface area (Å²) in [5.41, 5.74) is 8.50. The molecule has 2 aromatic rings. The van der Waals surface area contributed by atoms with Gasteiger partial charge in [0.05, 0.1) is 32.8 Å². The number of allylic oxidation sites excluding steroid dienone is 1. The largest absolute Gasteiger partial charge is 0.493 e. The Bertz CT molecular complexity index is 999. The molecule has 1 aliphatic heterocycles. The third-order valence-corrected chi connectivity index (χ3v) is 4.63. The molecule has 4 N–H and O–H groups in total. The number of benzene rings is 1. The Morgan fingerprint density at radius 1 is 1.26 bits per heavy atom. The molecule has 0 saturated heterocycles. The van der Waals surface area contributed by atoms with Gasteiger partial charge < -0.3 is 30.2 Å². The SMILES string of the molecule is COC(=O)C1=C(C)Nc2nc(=S)[nH]c(N)c2C1c1cccc(OC)c1OC. The number of carbonyl (C=O) groups is 1. The fraction of sp³-hybridized carbons (Fsp3) is 0.278. The van der Waals surface area contributed by atoms with Crippen molar-refractivity contribution in [2.75, 3.05) is 32.4 Å². The lowest BCUT2D eigenvalue weighted by molar-refractivity contribution is -0.136. The number of anilines is 2. The van der Waals surface area contributed by atoms with E-state index in [-0.39, 0.29) is 4.77 Å². The maximum Gasteiger partial charge on any atom is 0.336 e. The maximum atomic E-state index is 12.6. The number of methoxy groups -OCH3 is 3. The molecule has 142 valence electrons. The van der Waals surface area contributed by atoms with Gasteiger partial charge in [0.25, 0.3) is 0 Å². The number of aromatic nitrogens is 2. The number of carbonyl (C=O) groups excluding carboxylic acids is 1. The molecule has 0 radical (unpaired) electrons. The van der Waals surface area contributed by atoms with Gasteiger partial charge in [-0.25, -0.2) is 9.78 Å². The molecule has 2 heterocycles. The van der Waals surface area contributed by atoms with Crippen molar-refractivity contribution in [3.05, 3.63) is 45.4 Å². The van der Waals surface area contributed by atoms with E-state index in [4.69, 9.17) is 32.2 Å². The van der Waals surface area contributed by atoms with E-state index in [1.807, 2.05) is 12.1 Å². The van der Waals surface area contributed by atoms with Crippen LogP contribution in [0.15, 0.2) is 29.5 Å². The van der Waals surface area contributed by atoms with Crippen LogP contribution in [0.2, 0.25) is 0 Å². The zero-order valence-electron chi connectivity index (χ0n) is 15.4. The van der Waals surface area contributed by atoms with E-state index >= 15 is 0 Å². The minimum absolute atomic E-state index is 0.240. The first-order valence-corrected chi connectivity index (χ1v) is 8.50. The normalized spacial score (nSPS) is 15.6. The van der Waals surface area contributed by atoms with Crippen LogP contribution >= 0.6 is 12.2 Å². The van der Waals surface area contributed by atoms with Gasteiger partial charge in [-0.1, -0.05) is 12.1 Å². The molecule has 27 heavy (non-hydrogen) atoms. The summed E-state index contributed by atoms with van der Waals surface area (Å²) in [6, 6.07) is 5.44. The summed E-state index contributed by atoms with van der Waals surface area (Å²) in [5, 5.41) is 3.10. The number of esters is 1. The zero-order valence-corrected chi connectivity index (χ0v) is 16.2. The number of fused-ring (bicyclic) bond motifs is 1. The molecule has 0 bridgehead atoms. The van der Waals surface area contributed by atoms with Crippen LogP contribution < -0.4 is 20.5 Å². The van der Waals surface area contributed by atoms with E-state index in [9.17, 15) is 4.79 Å². The van der Waals surface area contributed by atoms with Crippen LogP contribution in [-0.2, 0) is 9.53 Å². The molecule has 0 fully saturated rings. The highest BCUT2D eigenvalue weighted by Gasteiger charge is 2.37. The molecule has 1 unspecified atom stereocenters. The highest BCUT2D eigenvalue weighted by Crippen LogP contribution is 2.48. The Balaban J connectivity index is 2.38. The van der Waals surface area contributed by atoms with E-state index in [1.165, 1.54) is 14.2 Å². The van der Waals surface area contributed by atoms with E-state index in [0.717, 1.165) is 0 Å². The van der Waals surface area contributed by atoms with Crippen molar-refractivity contribution in [1.82, 2.24) is 9.97 Å². The van der Waals surface area contributed by atoms with Crippen molar-refractivity contribution in [3.63, 3.8) is 0 Å². The average Bonchev–Trinajstić information content (AvgIpc) is 2.65. The first-order valence-electron chi connectivity index (χ1n) is 8.09. The Kier molecular flexibility index (Phi) is 5.04. The molecule has 1 aromatic heterocycles. The number of nitrogens with zero attached hydrogens (tertiary/aromatic N) is 1. The molecular formula is C18H20N4O4S. The number of para-hydroxylation sites is 1. The van der Waals surface area contributed by atoms with Gasteiger partial charge in [-0.15, -0.1) is 0 Å². The molecule has 9 heteroatoms. The molecule has 0 saturated carbocycles. The third-order valence-electron chi connectivity index (χ3n) is 4.44. The fourth-order valence-electron chi connectivity index (χ4n) is 3.32. The second kappa shape index (κ2) is 7.28. The second-order valence-electron chi connectivity index (χ2n) is 5.89. The van der Waals surface area contributed by atoms with Crippen molar-refractivity contribution >= 4 is 29.8 Å². The number of rotatable bonds is 4. The number of nitrogens with one attached hydrogen (secondary N) is 2. The molecular weight excluding hydrogens is 368 g/mol. The summed E-state index contributed by atoms with van der Waals surface area (Å²) in [6.45, 7) is 1.77. The van der Waals surface area contributed by atoms with Gasteiger partial charge in [0.1, 0.15) is 11.6 Å². The van der Waals surface area contributed by atoms with Crippen molar-refractivity contribution in [2.24, 2.45) is 0 Å². The van der Waals surface area contributed by atoms with E-state index < -0.39 is 11.9 Å². The van der Waals surface area contributed by atoms with Gasteiger partial charge in [-0.05, 0) is 25.2 Å². The lowest BCUT2D eigenvalue weighted by Crippen LogP contribution is -2.26. The Hall–Kier alpha value is -3.07. The molecule has 8 nitrogen and oxygen atoms in total. The van der Waals surface area contributed by atoms with Crippen LogP contribution in [0.5, 0.6) is 11.5 Å². The number of nitrogens with two attached hydrogens (primary N) is 1. The number of aromatic amines is 1. The van der Waals surface area contributed by atoms with Gasteiger partial charge in [0.2, 0.25) is 0 Å². The minimum atomic E-state index is -0.585. The summed E-state index contributed by atoms with van der Waals surface area (Å²) < 4.78 is 16.3. The number of nitrogen functional groups attached to an aromatic ring is 1. The summed E-state index contributed by atoms with van der Waals surface area (Å²) >= 11 is 5.13. The monoisotopic (exact) mass is 388 g/mol. The Morgan fingerprint density at radius 3 is 2.63 bits per heavy atom. The van der Waals surface area contributed by atoms with Crippen molar-refractivity contribution < 1.29 is 19.0 Å². The summed E-state index contributed by atoms with van der Waals surface area (Å²) in [4.78, 5) is 19.8. The minimum Gasteiger partial charge on any atom is -0.493 e. The number of hydrogen-bond acceptors (Lipinski definition) is 8. The number of hydrogen-bond donors (Lipinski definition) is 3. The summed E-state index contributed by atoms with van der Waals surface area (Å²) in [5.74, 6) is 0.749. The second-order valence-corrected chi connectivity index (χ2v) is 6.28. The molecule has 0 aliphatic carbocycles. The maximum absolute atomic E-state index is 12.6. The van der Waals surface area contributed by atoms with Gasteiger partial charge in [0.15, 0.2) is 16.3 Å². The molecule has 0 amide bonds. The van der Waals surface area contributed by atoms with Crippen molar-refractivity contribution in [3.8, 4) is 11.5 Å². The lowest BCUT2D eigenvalue weighted by Gasteiger charge is -2.30.